The van der Waals surface area contributed by atoms with Crippen LogP contribution in [-0.4, -0.2) is 49.8 Å². The number of hydrogen-bond donors (Lipinski definition) is 9. The summed E-state index contributed by atoms with van der Waals surface area (Å²) in [5.74, 6) is 14.1. The van der Waals surface area contributed by atoms with Gasteiger partial charge in [0.25, 0.3) is 0 Å². The van der Waals surface area contributed by atoms with Gasteiger partial charge in [-0.2, -0.15) is 0 Å². The number of carbonyl (C=O) groups is 1. The van der Waals surface area contributed by atoms with Gasteiger partial charge >= 0.3 is 0 Å². The van der Waals surface area contributed by atoms with Crippen molar-refractivity contribution in [3.05, 3.63) is 90.2 Å². The Balaban J connectivity index is -0.000000163. The number of phenols is 1. The average molecular weight is 680 g/mol. The summed E-state index contributed by atoms with van der Waals surface area (Å²) < 4.78 is 5.13. The molecule has 12 nitrogen and oxygen atoms in total. The van der Waals surface area contributed by atoms with Crippen LogP contribution in [0.3, 0.4) is 0 Å². The van der Waals surface area contributed by atoms with E-state index in [4.69, 9.17) is 27.5 Å². The van der Waals surface area contributed by atoms with Gasteiger partial charge in [0.15, 0.2) is 0 Å². The number of benzene rings is 2. The van der Waals surface area contributed by atoms with Crippen LogP contribution >= 0.6 is 11.6 Å². The number of aromatic hydroxyl groups is 1. The number of piperazine rings is 1. The number of allylic oxidation sites excluding steroid dienone is 1. The number of halogens is 1. The Labute approximate surface area is 288 Å². The molecule has 1 aliphatic heterocycles. The number of amidine groups is 1. The Hall–Kier alpha value is -4.20. The van der Waals surface area contributed by atoms with Crippen molar-refractivity contribution in [1.29, 1.82) is 5.41 Å². The van der Waals surface area contributed by atoms with Gasteiger partial charge in [-0.15, -0.1) is 13.2 Å². The highest BCUT2D eigenvalue weighted by Gasteiger charge is 2.04. The van der Waals surface area contributed by atoms with Crippen molar-refractivity contribution in [2.75, 3.05) is 26.7 Å². The summed E-state index contributed by atoms with van der Waals surface area (Å²) in [6, 6.07) is 10.9. The first-order chi connectivity index (χ1) is 22.5. The van der Waals surface area contributed by atoms with Gasteiger partial charge in [-0.05, 0) is 55.7 Å². The molecule has 0 radical (unpaired) electrons. The molecular weight excluding hydrogens is 618 g/mol. The fourth-order valence-corrected chi connectivity index (χ4v) is 2.66. The summed E-state index contributed by atoms with van der Waals surface area (Å²) >= 11 is 5.68. The lowest BCUT2D eigenvalue weighted by Gasteiger charge is -2.11. The maximum atomic E-state index is 10.3. The van der Waals surface area contributed by atoms with Crippen LogP contribution in [0.5, 0.6) is 11.5 Å². The molecule has 1 saturated heterocycles. The number of carbonyl (C=O) groups excluding carboxylic acids is 1. The Kier molecular flexibility index (Phi) is 44.3. The lowest BCUT2D eigenvalue weighted by atomic mass is 10.1. The minimum Gasteiger partial charge on any atom is -0.506 e. The number of nitrogens with one attached hydrogen (secondary N) is 4. The predicted octanol–water partition coefficient (Wildman–Crippen LogP) is 5.48. The SMILES string of the molecule is C=C.C=CNN.CC.CC(N)=N/C=C(\C=N)c1ccc(Cl)c(O)c1.CCCC.COc1cc(C)ccc1C.NN.O=C1CNCCN1. The molecule has 47 heavy (non-hydrogen) atoms. The first-order valence-electron chi connectivity index (χ1n) is 15.0. The van der Waals surface area contributed by atoms with Crippen molar-refractivity contribution in [3.8, 4) is 11.5 Å². The topological polar surface area (TPSA) is 223 Å². The maximum Gasteiger partial charge on any atom is 0.234 e. The fourth-order valence-electron chi connectivity index (χ4n) is 2.54. The number of aliphatic imine (C=N–C) groups is 1. The molecule has 3 rings (SSSR count). The van der Waals surface area contributed by atoms with E-state index >= 15 is 0 Å². The molecule has 1 amide bonds. The molecule has 0 saturated carbocycles. The molecule has 1 heterocycles. The number of methoxy groups -OCH3 is 1. The van der Waals surface area contributed by atoms with Gasteiger partial charge in [-0.25, -0.2) is 4.99 Å². The van der Waals surface area contributed by atoms with Crippen LogP contribution in [0.1, 0.15) is 64.2 Å². The highest BCUT2D eigenvalue weighted by molar-refractivity contribution is 6.32. The molecule has 2 aromatic rings. The third-order valence-corrected chi connectivity index (χ3v) is 5.25. The smallest absolute Gasteiger partial charge is 0.234 e. The molecule has 13 heteroatoms. The fraction of sp³-hybridized carbons (Fsp3) is 0.382. The van der Waals surface area contributed by atoms with Crippen molar-refractivity contribution >= 4 is 35.1 Å². The van der Waals surface area contributed by atoms with Gasteiger partial charge in [-0.1, -0.05) is 76.9 Å². The van der Waals surface area contributed by atoms with E-state index in [9.17, 15) is 9.90 Å². The van der Waals surface area contributed by atoms with Crippen molar-refractivity contribution in [2.45, 2.75) is 61.3 Å². The van der Waals surface area contributed by atoms with E-state index in [1.807, 2.05) is 26.8 Å². The lowest BCUT2D eigenvalue weighted by molar-refractivity contribution is -0.121. The number of unbranched alkanes of at least 4 members (excludes halogenated alkanes) is 1. The van der Waals surface area contributed by atoms with E-state index in [1.165, 1.54) is 42.4 Å². The number of phenolic OH excluding ortho intramolecular Hbond substituents is 1. The van der Waals surface area contributed by atoms with Crippen LogP contribution in [0.4, 0.5) is 0 Å². The number of rotatable bonds is 6. The summed E-state index contributed by atoms with van der Waals surface area (Å²) in [4.78, 5) is 14.2. The molecule has 13 N–H and O–H groups in total. The molecule has 268 valence electrons. The van der Waals surface area contributed by atoms with Crippen LogP contribution in [0.25, 0.3) is 5.57 Å². The number of amides is 1. The van der Waals surface area contributed by atoms with E-state index in [-0.39, 0.29) is 16.7 Å². The van der Waals surface area contributed by atoms with Crippen molar-refractivity contribution in [3.63, 3.8) is 0 Å². The van der Waals surface area contributed by atoms with Crippen LogP contribution < -0.4 is 44.1 Å². The quantitative estimate of drug-likeness (QED) is 0.0619. The lowest BCUT2D eigenvalue weighted by Crippen LogP contribution is -2.44. The molecule has 2 aromatic carbocycles. The number of nitrogens with zero attached hydrogens (tertiary/aromatic N) is 1. The van der Waals surface area contributed by atoms with Gasteiger partial charge in [-0.3, -0.25) is 22.3 Å². The number of hydrazine groups is 2. The second-order valence-corrected chi connectivity index (χ2v) is 8.94. The van der Waals surface area contributed by atoms with Crippen LogP contribution in [0, 0.1) is 19.3 Å². The van der Waals surface area contributed by atoms with Crippen molar-refractivity contribution in [1.82, 2.24) is 16.1 Å². The molecule has 1 fully saturated rings. The van der Waals surface area contributed by atoms with E-state index in [1.54, 1.807) is 26.2 Å². The highest BCUT2D eigenvalue weighted by Crippen LogP contribution is 2.26. The zero-order valence-corrected chi connectivity index (χ0v) is 30.5. The monoisotopic (exact) mass is 679 g/mol. The molecule has 0 atom stereocenters. The standard InChI is InChI=1S/C11H12ClN3O.C9H12O.C4H8N2O.C4H10.C2H6N2.C2H6.C2H4.H4N2/c1-7(14)15-6-9(5-13)8-2-3-10(12)11(16)4-8;1-7-4-5-8(2)9(6-7)10-3;7-4-3-5-1-2-6-4;1-3-4-2;1-2-4-3;3*1-2/h2-6,13,16H,1H3,(H2,14,15);4-6H,1-3H3;5H,1-3H2,(H,6,7);3-4H2,1-2H3;2,4H,1,3H2;1-2H3;2*1-2H2/b9-6+,13-5?;;;;;;;. The van der Waals surface area contributed by atoms with Gasteiger partial charge in [0.05, 0.1) is 24.5 Å². The van der Waals surface area contributed by atoms with Crippen LogP contribution in [0.15, 0.2) is 73.5 Å². The normalized spacial score (nSPS) is 10.9. The third-order valence-electron chi connectivity index (χ3n) is 4.93. The van der Waals surface area contributed by atoms with Crippen molar-refractivity contribution < 1.29 is 14.6 Å². The summed E-state index contributed by atoms with van der Waals surface area (Å²) in [6.45, 7) is 25.5. The van der Waals surface area contributed by atoms with Crippen LogP contribution in [0.2, 0.25) is 5.02 Å². The first kappa shape index (κ1) is 52.3. The van der Waals surface area contributed by atoms with Gasteiger partial charge in [0, 0.05) is 37.3 Å². The molecule has 1 aliphatic rings. The summed E-state index contributed by atoms with van der Waals surface area (Å²) in [5.41, 5.74) is 11.2. The maximum absolute atomic E-state index is 10.3. The number of hydrogen-bond acceptors (Lipinski definition) is 10. The molecule has 0 spiro atoms. The third kappa shape index (κ3) is 33.0. The second kappa shape index (κ2) is 39.8. The number of ether oxygens (including phenoxy) is 1. The van der Waals surface area contributed by atoms with E-state index in [2.05, 4.69) is 91.2 Å². The molecule has 0 bridgehead atoms. The number of nitrogens with two attached hydrogens (primary N) is 4. The highest BCUT2D eigenvalue weighted by atomic mass is 35.5. The summed E-state index contributed by atoms with van der Waals surface area (Å²) in [6.07, 6.45) is 6.64. The molecule has 0 aromatic heterocycles. The molecule has 0 aliphatic carbocycles. The number of aryl methyl sites for hydroxylation is 2. The molecular formula is C34H62ClN9O3. The van der Waals surface area contributed by atoms with Gasteiger partial charge < -0.3 is 37.0 Å². The van der Waals surface area contributed by atoms with Gasteiger partial charge in [0.1, 0.15) is 11.5 Å². The Morgan fingerprint density at radius 3 is 2.00 bits per heavy atom. The molecule has 0 unspecified atom stereocenters. The summed E-state index contributed by atoms with van der Waals surface area (Å²) in [5, 5.41) is 22.5. The second-order valence-electron chi connectivity index (χ2n) is 8.54. The first-order valence-corrected chi connectivity index (χ1v) is 15.4. The van der Waals surface area contributed by atoms with Crippen LogP contribution in [-0.2, 0) is 4.79 Å². The zero-order chi connectivity index (χ0) is 37.6. The van der Waals surface area contributed by atoms with E-state index < -0.39 is 0 Å². The summed E-state index contributed by atoms with van der Waals surface area (Å²) in [7, 11) is 1.70. The Morgan fingerprint density at radius 2 is 1.68 bits per heavy atom. The van der Waals surface area contributed by atoms with E-state index in [0.29, 0.717) is 23.5 Å². The Bertz CT molecular complexity index is 1110. The predicted molar refractivity (Wildman–Crippen MR) is 205 cm³/mol. The van der Waals surface area contributed by atoms with E-state index in [0.717, 1.165) is 25.1 Å². The van der Waals surface area contributed by atoms with Crippen molar-refractivity contribution in [2.24, 2.45) is 28.3 Å². The minimum absolute atomic E-state index is 0.0274. The average Bonchev–Trinajstić information content (AvgIpc) is 3.11. The zero-order valence-electron chi connectivity index (χ0n) is 29.8. The van der Waals surface area contributed by atoms with Gasteiger partial charge in [0.2, 0.25) is 5.91 Å². The largest absolute Gasteiger partial charge is 0.506 e. The minimum atomic E-state index is -0.0274. The Morgan fingerprint density at radius 1 is 1.13 bits per heavy atom.